The van der Waals surface area contributed by atoms with Crippen molar-refractivity contribution in [3.05, 3.63) is 104 Å². The number of halogens is 2. The van der Waals surface area contributed by atoms with Gasteiger partial charge in [-0.2, -0.15) is 0 Å². The summed E-state index contributed by atoms with van der Waals surface area (Å²) in [5, 5.41) is 13.3. The van der Waals surface area contributed by atoms with E-state index in [2.05, 4.69) is 5.32 Å². The zero-order valence-corrected chi connectivity index (χ0v) is 23.7. The van der Waals surface area contributed by atoms with Crippen LogP contribution in [0.15, 0.2) is 65.3 Å². The molecule has 0 radical (unpaired) electrons. The molecule has 2 amide bonds. The van der Waals surface area contributed by atoms with Crippen LogP contribution in [0.3, 0.4) is 0 Å². The van der Waals surface area contributed by atoms with Gasteiger partial charge in [-0.15, -0.1) is 0 Å². The SMILES string of the molecule is O=C(N[C@@H](Cc1cccc(CS(=O)[O-])c1)C(=O)O)c1c(Cl)cc2c(c1Cl)CCN(C(=O)c1ccc3ccoc3c1)C2. The molecule has 2 N–H and O–H groups in total. The predicted molar refractivity (Wildman–Crippen MR) is 153 cm³/mol. The van der Waals surface area contributed by atoms with Crippen molar-refractivity contribution in [1.82, 2.24) is 10.2 Å². The maximum absolute atomic E-state index is 13.2. The number of carboxylic acids is 1. The molecule has 0 saturated heterocycles. The van der Waals surface area contributed by atoms with Crippen molar-refractivity contribution in [2.75, 3.05) is 6.54 Å². The summed E-state index contributed by atoms with van der Waals surface area (Å²) in [5.74, 6) is -2.42. The quantitative estimate of drug-likeness (QED) is 0.273. The van der Waals surface area contributed by atoms with Gasteiger partial charge in [0.25, 0.3) is 11.8 Å². The molecule has 1 unspecified atom stereocenters. The van der Waals surface area contributed by atoms with Gasteiger partial charge in [0.2, 0.25) is 0 Å². The highest BCUT2D eigenvalue weighted by Crippen LogP contribution is 2.35. The number of hydrogen-bond donors (Lipinski definition) is 2. The van der Waals surface area contributed by atoms with E-state index in [1.807, 2.05) is 12.1 Å². The van der Waals surface area contributed by atoms with Crippen molar-refractivity contribution in [2.45, 2.75) is 31.2 Å². The molecule has 5 rings (SSSR count). The second-order valence-corrected chi connectivity index (χ2v) is 11.4. The summed E-state index contributed by atoms with van der Waals surface area (Å²) in [5.41, 5.74) is 3.45. The number of aliphatic carboxylic acids is 1. The minimum absolute atomic E-state index is 0.0293. The molecule has 0 bridgehead atoms. The smallest absolute Gasteiger partial charge is 0.326 e. The number of carbonyl (C=O) groups is 3. The molecular formula is C29H23Cl2N2O7S-. The third-order valence-corrected chi connectivity index (χ3v) is 8.23. The Labute approximate surface area is 247 Å². The average Bonchev–Trinajstić information content (AvgIpc) is 3.40. The normalized spacial score (nSPS) is 14.4. The first-order valence-electron chi connectivity index (χ1n) is 12.5. The molecule has 0 saturated carbocycles. The predicted octanol–water partition coefficient (Wildman–Crippen LogP) is 4.74. The van der Waals surface area contributed by atoms with Crippen LogP contribution in [0.25, 0.3) is 11.0 Å². The molecule has 2 atom stereocenters. The Kier molecular flexibility index (Phi) is 8.46. The van der Waals surface area contributed by atoms with Gasteiger partial charge >= 0.3 is 5.97 Å². The van der Waals surface area contributed by atoms with Crippen LogP contribution < -0.4 is 5.32 Å². The number of carboxylic acid groups (broad SMARTS) is 1. The standard InChI is InChI=1S/C29H24Cl2N2O7S/c30-22-12-20-14-33(28(35)19-5-4-18-7-9-40-24(18)13-19)8-6-21(20)26(31)25(22)27(34)32-23(29(36)37)11-16-2-1-3-17(10-16)15-41(38)39/h1-5,7,9-10,12-13,23H,6,8,11,14-15H2,(H,32,34)(H,36,37)(H,38,39)/p-1/t23-/m0/s1. The molecule has 4 aromatic rings. The minimum Gasteiger partial charge on any atom is -0.772 e. The molecule has 3 aromatic carbocycles. The molecule has 1 aliphatic rings. The summed E-state index contributed by atoms with van der Waals surface area (Å²) in [4.78, 5) is 40.1. The van der Waals surface area contributed by atoms with Gasteiger partial charge in [-0.3, -0.25) is 13.8 Å². The summed E-state index contributed by atoms with van der Waals surface area (Å²) in [6.45, 7) is 0.584. The Morgan fingerprint density at radius 1 is 1.10 bits per heavy atom. The van der Waals surface area contributed by atoms with Crippen LogP contribution in [0.5, 0.6) is 0 Å². The number of rotatable bonds is 8. The lowest BCUT2D eigenvalue weighted by atomic mass is 9.95. The van der Waals surface area contributed by atoms with E-state index in [0.29, 0.717) is 46.4 Å². The van der Waals surface area contributed by atoms with E-state index in [1.165, 1.54) is 0 Å². The molecule has 0 spiro atoms. The van der Waals surface area contributed by atoms with Crippen molar-refractivity contribution in [2.24, 2.45) is 0 Å². The van der Waals surface area contributed by atoms with Gasteiger partial charge in [0, 0.05) is 36.2 Å². The number of carbonyl (C=O) groups excluding carboxylic acids is 2. The van der Waals surface area contributed by atoms with E-state index < -0.39 is 29.0 Å². The van der Waals surface area contributed by atoms with Crippen LogP contribution >= 0.6 is 23.2 Å². The van der Waals surface area contributed by atoms with Crippen LogP contribution in [0.4, 0.5) is 0 Å². The molecular weight excluding hydrogens is 591 g/mol. The lowest BCUT2D eigenvalue weighted by Crippen LogP contribution is -2.42. The molecule has 2 heterocycles. The minimum atomic E-state index is -2.30. The molecule has 41 heavy (non-hydrogen) atoms. The highest BCUT2D eigenvalue weighted by atomic mass is 35.5. The zero-order chi connectivity index (χ0) is 29.3. The second kappa shape index (κ2) is 12.0. The molecule has 0 fully saturated rings. The van der Waals surface area contributed by atoms with Gasteiger partial charge < -0.3 is 24.3 Å². The number of hydrogen-bond acceptors (Lipinski definition) is 6. The summed E-state index contributed by atoms with van der Waals surface area (Å²) < 4.78 is 27.5. The zero-order valence-electron chi connectivity index (χ0n) is 21.4. The summed E-state index contributed by atoms with van der Waals surface area (Å²) in [6.07, 6.45) is 1.85. The van der Waals surface area contributed by atoms with Gasteiger partial charge in [0.1, 0.15) is 11.6 Å². The van der Waals surface area contributed by atoms with Crippen molar-refractivity contribution in [1.29, 1.82) is 0 Å². The van der Waals surface area contributed by atoms with Crippen molar-refractivity contribution in [3.63, 3.8) is 0 Å². The number of nitrogens with one attached hydrogen (secondary N) is 1. The van der Waals surface area contributed by atoms with Crippen LogP contribution in [-0.4, -0.2) is 49.1 Å². The van der Waals surface area contributed by atoms with E-state index in [9.17, 15) is 28.3 Å². The maximum Gasteiger partial charge on any atom is 0.326 e. The Balaban J connectivity index is 1.33. The fourth-order valence-corrected chi connectivity index (χ4v) is 6.17. The van der Waals surface area contributed by atoms with Crippen LogP contribution in [0.1, 0.15) is 43.0 Å². The average molecular weight is 614 g/mol. The van der Waals surface area contributed by atoms with E-state index in [1.54, 1.807) is 53.6 Å². The van der Waals surface area contributed by atoms with E-state index in [-0.39, 0.29) is 40.2 Å². The molecule has 0 aliphatic carbocycles. The second-order valence-electron chi connectivity index (χ2n) is 9.67. The fraction of sp³-hybridized carbons (Fsp3) is 0.207. The number of benzene rings is 3. The van der Waals surface area contributed by atoms with Crippen molar-refractivity contribution in [3.8, 4) is 0 Å². The van der Waals surface area contributed by atoms with Crippen molar-refractivity contribution < 1.29 is 32.7 Å². The third kappa shape index (κ3) is 6.31. The Morgan fingerprint density at radius 2 is 1.88 bits per heavy atom. The summed E-state index contributed by atoms with van der Waals surface area (Å²) in [7, 11) is 0. The van der Waals surface area contributed by atoms with Crippen LogP contribution in [-0.2, 0) is 41.0 Å². The molecule has 1 aromatic heterocycles. The first-order valence-corrected chi connectivity index (χ1v) is 14.5. The largest absolute Gasteiger partial charge is 0.772 e. The number of furan rings is 1. The van der Waals surface area contributed by atoms with Crippen molar-refractivity contribution >= 4 is 63.0 Å². The van der Waals surface area contributed by atoms with E-state index >= 15 is 0 Å². The Hall–Kier alpha value is -3.70. The lowest BCUT2D eigenvalue weighted by molar-refractivity contribution is -0.139. The number of nitrogens with zero attached hydrogens (tertiary/aromatic N) is 1. The lowest BCUT2D eigenvalue weighted by Gasteiger charge is -2.30. The van der Waals surface area contributed by atoms with Crippen LogP contribution in [0, 0.1) is 0 Å². The van der Waals surface area contributed by atoms with Gasteiger partial charge in [0.15, 0.2) is 0 Å². The van der Waals surface area contributed by atoms with Crippen LogP contribution in [0.2, 0.25) is 10.0 Å². The summed E-state index contributed by atoms with van der Waals surface area (Å²) in [6, 6.07) is 13.8. The first-order chi connectivity index (χ1) is 19.6. The first kappa shape index (κ1) is 28.8. The highest BCUT2D eigenvalue weighted by Gasteiger charge is 2.30. The number of amides is 2. The summed E-state index contributed by atoms with van der Waals surface area (Å²) >= 11 is 10.8. The molecule has 1 aliphatic heterocycles. The highest BCUT2D eigenvalue weighted by molar-refractivity contribution is 7.78. The topological polar surface area (TPSA) is 140 Å². The van der Waals surface area contributed by atoms with Gasteiger partial charge in [-0.1, -0.05) is 64.6 Å². The fourth-order valence-electron chi connectivity index (χ4n) is 4.95. The van der Waals surface area contributed by atoms with Gasteiger partial charge in [-0.05, 0) is 52.9 Å². The third-order valence-electron chi connectivity index (χ3n) is 6.94. The Morgan fingerprint density at radius 3 is 2.63 bits per heavy atom. The molecule has 12 heteroatoms. The van der Waals surface area contributed by atoms with E-state index in [0.717, 1.165) is 5.39 Å². The van der Waals surface area contributed by atoms with E-state index in [4.69, 9.17) is 27.6 Å². The Bertz CT molecular complexity index is 1700. The van der Waals surface area contributed by atoms with Gasteiger partial charge in [0.05, 0.1) is 21.9 Å². The maximum atomic E-state index is 13.2. The number of fused-ring (bicyclic) bond motifs is 2. The molecule has 212 valence electrons. The monoisotopic (exact) mass is 613 g/mol. The van der Waals surface area contributed by atoms with Gasteiger partial charge in [-0.25, -0.2) is 4.79 Å². The molecule has 9 nitrogen and oxygen atoms in total.